The van der Waals surface area contributed by atoms with Gasteiger partial charge in [-0.05, 0) is 31.6 Å². The Kier molecular flexibility index (Phi) is 3.68. The van der Waals surface area contributed by atoms with Crippen LogP contribution in [-0.4, -0.2) is 28.7 Å². The van der Waals surface area contributed by atoms with E-state index in [9.17, 15) is 4.79 Å². The highest BCUT2D eigenvalue weighted by molar-refractivity contribution is 5.88. The molecule has 1 atom stereocenters. The van der Waals surface area contributed by atoms with E-state index < -0.39 is 0 Å². The molecule has 0 radical (unpaired) electrons. The molecule has 2 heterocycles. The van der Waals surface area contributed by atoms with Crippen LogP contribution in [0.4, 0.5) is 10.7 Å². The van der Waals surface area contributed by atoms with Gasteiger partial charge in [0.2, 0.25) is 5.88 Å². The minimum atomic E-state index is -0.0748. The Morgan fingerprint density at radius 3 is 2.67 bits per heavy atom. The molecule has 2 amide bonds. The van der Waals surface area contributed by atoms with Crippen molar-refractivity contribution >= 4 is 11.9 Å². The number of aromatic nitrogens is 1. The molecule has 5 heteroatoms. The summed E-state index contributed by atoms with van der Waals surface area (Å²) in [7, 11) is 0. The number of likely N-dealkylation sites (tertiary alicyclic amines) is 1. The first-order chi connectivity index (χ1) is 9.95. The first kappa shape index (κ1) is 14.4. The molecule has 116 valence electrons. The summed E-state index contributed by atoms with van der Waals surface area (Å²) in [6, 6.07) is 2.21. The Bertz CT molecular complexity index is 514. The third-order valence-electron chi connectivity index (χ3n) is 4.76. The molecular weight excluding hydrogens is 266 g/mol. The normalized spacial score (nSPS) is 23.2. The third kappa shape index (κ3) is 2.92. The molecule has 1 aromatic rings. The summed E-state index contributed by atoms with van der Waals surface area (Å²) in [5.41, 5.74) is 0.781. The van der Waals surface area contributed by atoms with Crippen LogP contribution < -0.4 is 5.32 Å². The van der Waals surface area contributed by atoms with Crippen LogP contribution in [0, 0.1) is 5.92 Å². The van der Waals surface area contributed by atoms with Gasteiger partial charge in [-0.1, -0.05) is 32.3 Å². The maximum absolute atomic E-state index is 12.5. The van der Waals surface area contributed by atoms with E-state index in [4.69, 9.17) is 4.52 Å². The second kappa shape index (κ2) is 5.35. The van der Waals surface area contributed by atoms with Crippen LogP contribution in [0.1, 0.15) is 58.6 Å². The molecule has 21 heavy (non-hydrogen) atoms. The third-order valence-corrected chi connectivity index (χ3v) is 4.76. The number of hydrogen-bond acceptors (Lipinski definition) is 3. The van der Waals surface area contributed by atoms with Crippen LogP contribution in [0.25, 0.3) is 0 Å². The van der Waals surface area contributed by atoms with Crippen molar-refractivity contribution in [3.63, 3.8) is 0 Å². The van der Waals surface area contributed by atoms with Gasteiger partial charge in [0, 0.05) is 24.1 Å². The van der Waals surface area contributed by atoms with Gasteiger partial charge in [0.1, 0.15) is 0 Å². The van der Waals surface area contributed by atoms with E-state index in [0.717, 1.165) is 25.1 Å². The lowest BCUT2D eigenvalue weighted by Crippen LogP contribution is -2.44. The average Bonchev–Trinajstić information content (AvgIpc) is 2.94. The van der Waals surface area contributed by atoms with E-state index in [2.05, 4.69) is 31.2 Å². The molecule has 0 bridgehead atoms. The standard InChI is InChI=1S/C16H25N3O2/c1-16(2,3)13-10-14(21-18-13)17-15(20)19-9-5-8-12(19)11-6-4-7-11/h10-12H,4-9H2,1-3H3,(H,17,20). The molecule has 1 N–H and O–H groups in total. The van der Waals surface area contributed by atoms with Crippen LogP contribution in [0.15, 0.2) is 10.6 Å². The number of carbonyl (C=O) groups excluding carboxylic acids is 1. The van der Waals surface area contributed by atoms with Crippen LogP contribution in [0.5, 0.6) is 0 Å². The quantitative estimate of drug-likeness (QED) is 0.902. The minimum Gasteiger partial charge on any atom is -0.338 e. The van der Waals surface area contributed by atoms with Crippen LogP contribution in [0.3, 0.4) is 0 Å². The average molecular weight is 291 g/mol. The lowest BCUT2D eigenvalue weighted by Gasteiger charge is -2.36. The summed E-state index contributed by atoms with van der Waals surface area (Å²) in [5, 5.41) is 6.91. The van der Waals surface area contributed by atoms with Gasteiger partial charge >= 0.3 is 6.03 Å². The fourth-order valence-electron chi connectivity index (χ4n) is 3.22. The molecule has 1 saturated carbocycles. The Hall–Kier alpha value is -1.52. The number of urea groups is 1. The van der Waals surface area contributed by atoms with E-state index in [1.165, 1.54) is 19.3 Å². The van der Waals surface area contributed by atoms with Crippen molar-refractivity contribution in [2.24, 2.45) is 5.92 Å². The fourth-order valence-corrected chi connectivity index (χ4v) is 3.22. The van der Waals surface area contributed by atoms with Crippen molar-refractivity contribution in [3.8, 4) is 0 Å². The maximum atomic E-state index is 12.5. The number of nitrogens with one attached hydrogen (secondary N) is 1. The van der Waals surface area contributed by atoms with Crippen molar-refractivity contribution in [2.45, 2.75) is 64.3 Å². The van der Waals surface area contributed by atoms with E-state index in [-0.39, 0.29) is 11.4 Å². The Labute approximate surface area is 126 Å². The van der Waals surface area contributed by atoms with Crippen molar-refractivity contribution < 1.29 is 9.32 Å². The van der Waals surface area contributed by atoms with Gasteiger partial charge in [0.25, 0.3) is 0 Å². The molecule has 0 spiro atoms. The van der Waals surface area contributed by atoms with Crippen molar-refractivity contribution in [1.82, 2.24) is 10.1 Å². The number of hydrogen-bond donors (Lipinski definition) is 1. The number of carbonyl (C=O) groups is 1. The number of nitrogens with zero attached hydrogens (tertiary/aromatic N) is 2. The Balaban J connectivity index is 1.64. The molecule has 3 rings (SSSR count). The summed E-state index contributed by atoms with van der Waals surface area (Å²) in [6.45, 7) is 7.07. The van der Waals surface area contributed by atoms with Crippen LogP contribution in [-0.2, 0) is 5.41 Å². The molecule has 1 aliphatic carbocycles. The van der Waals surface area contributed by atoms with Crippen LogP contribution in [0.2, 0.25) is 0 Å². The molecular formula is C16H25N3O2. The van der Waals surface area contributed by atoms with E-state index >= 15 is 0 Å². The first-order valence-corrected chi connectivity index (χ1v) is 8.00. The van der Waals surface area contributed by atoms with Gasteiger partial charge in [0.15, 0.2) is 0 Å². The van der Waals surface area contributed by atoms with Crippen LogP contribution >= 0.6 is 0 Å². The van der Waals surface area contributed by atoms with Crippen molar-refractivity contribution in [2.75, 3.05) is 11.9 Å². The molecule has 2 fully saturated rings. The molecule has 1 saturated heterocycles. The zero-order chi connectivity index (χ0) is 15.0. The molecule has 5 nitrogen and oxygen atoms in total. The highest BCUT2D eigenvalue weighted by Crippen LogP contribution is 2.37. The largest absolute Gasteiger partial charge is 0.338 e. The zero-order valence-corrected chi connectivity index (χ0v) is 13.2. The second-order valence-corrected chi connectivity index (χ2v) is 7.35. The first-order valence-electron chi connectivity index (χ1n) is 8.00. The maximum Gasteiger partial charge on any atom is 0.324 e. The Morgan fingerprint density at radius 1 is 1.33 bits per heavy atom. The van der Waals surface area contributed by atoms with Gasteiger partial charge in [-0.15, -0.1) is 0 Å². The van der Waals surface area contributed by atoms with Gasteiger partial charge in [-0.3, -0.25) is 5.32 Å². The molecule has 2 aliphatic rings. The number of amides is 2. The van der Waals surface area contributed by atoms with E-state index in [1.807, 2.05) is 11.0 Å². The summed E-state index contributed by atoms with van der Waals surface area (Å²) in [4.78, 5) is 14.4. The second-order valence-electron chi connectivity index (χ2n) is 7.35. The van der Waals surface area contributed by atoms with Crippen molar-refractivity contribution in [3.05, 3.63) is 11.8 Å². The number of rotatable bonds is 2. The zero-order valence-electron chi connectivity index (χ0n) is 13.2. The van der Waals surface area contributed by atoms with Gasteiger partial charge in [-0.2, -0.15) is 0 Å². The predicted octanol–water partition coefficient (Wildman–Crippen LogP) is 3.77. The smallest absolute Gasteiger partial charge is 0.324 e. The minimum absolute atomic E-state index is 0.0407. The summed E-state index contributed by atoms with van der Waals surface area (Å²) in [5.74, 6) is 1.15. The molecule has 1 aromatic heterocycles. The lowest BCUT2D eigenvalue weighted by molar-refractivity contribution is 0.147. The highest BCUT2D eigenvalue weighted by Gasteiger charge is 2.37. The summed E-state index contributed by atoms with van der Waals surface area (Å²) in [6.07, 6.45) is 6.10. The van der Waals surface area contributed by atoms with E-state index in [1.54, 1.807) is 0 Å². The molecule has 1 aliphatic heterocycles. The number of anilines is 1. The van der Waals surface area contributed by atoms with Crippen molar-refractivity contribution in [1.29, 1.82) is 0 Å². The predicted molar refractivity (Wildman–Crippen MR) is 81.3 cm³/mol. The van der Waals surface area contributed by atoms with Gasteiger partial charge < -0.3 is 9.42 Å². The van der Waals surface area contributed by atoms with Gasteiger partial charge in [-0.25, -0.2) is 4.79 Å². The summed E-state index contributed by atoms with van der Waals surface area (Å²) >= 11 is 0. The monoisotopic (exact) mass is 291 g/mol. The summed E-state index contributed by atoms with van der Waals surface area (Å²) < 4.78 is 5.25. The van der Waals surface area contributed by atoms with E-state index in [0.29, 0.717) is 17.8 Å². The Morgan fingerprint density at radius 2 is 2.10 bits per heavy atom. The fraction of sp³-hybridized carbons (Fsp3) is 0.750. The lowest BCUT2D eigenvalue weighted by atomic mass is 9.79. The topological polar surface area (TPSA) is 58.4 Å². The molecule has 0 aromatic carbocycles. The molecule has 1 unspecified atom stereocenters. The SMILES string of the molecule is CC(C)(C)c1cc(NC(=O)N2CCCC2C2CCC2)on1. The van der Waals surface area contributed by atoms with Gasteiger partial charge in [0.05, 0.1) is 5.69 Å². The highest BCUT2D eigenvalue weighted by atomic mass is 16.5.